The lowest BCUT2D eigenvalue weighted by molar-refractivity contribution is -0.137. The van der Waals surface area contributed by atoms with E-state index in [4.69, 9.17) is 9.84 Å². The number of alkyl carbamates (subject to hydrolysis) is 1. The second kappa shape index (κ2) is 11.2. The van der Waals surface area contributed by atoms with Crippen LogP contribution < -0.4 is 10.6 Å². The zero-order valence-electron chi connectivity index (χ0n) is 20.1. The van der Waals surface area contributed by atoms with Crippen LogP contribution in [-0.4, -0.2) is 41.8 Å². The van der Waals surface area contributed by atoms with E-state index >= 15 is 0 Å². The lowest BCUT2D eigenvalue weighted by Gasteiger charge is -2.26. The standard InChI is InChI=1S/C27H34N2O5/c1-18(12-13-25(31)32)14-15-28-24(30)16-27(2,3)29-26(33)34-17-23-21-10-6-4-8-19(21)20-9-5-7-11-22(20)23/h4-11,18,23H,12-17H2,1-3H3,(H,28,30)(H,29,33)(H,31,32). The predicted molar refractivity (Wildman–Crippen MR) is 131 cm³/mol. The number of carboxylic acids is 1. The van der Waals surface area contributed by atoms with Gasteiger partial charge in [-0.25, -0.2) is 4.79 Å². The van der Waals surface area contributed by atoms with Crippen molar-refractivity contribution in [2.75, 3.05) is 13.2 Å². The Morgan fingerprint density at radius 1 is 1.00 bits per heavy atom. The van der Waals surface area contributed by atoms with Gasteiger partial charge in [0.15, 0.2) is 0 Å². The number of ether oxygens (including phenoxy) is 1. The minimum atomic E-state index is -0.808. The van der Waals surface area contributed by atoms with Crippen LogP contribution in [0.5, 0.6) is 0 Å². The van der Waals surface area contributed by atoms with Gasteiger partial charge in [0.05, 0.1) is 0 Å². The van der Waals surface area contributed by atoms with Gasteiger partial charge in [0.1, 0.15) is 6.61 Å². The van der Waals surface area contributed by atoms with E-state index in [1.54, 1.807) is 13.8 Å². The molecule has 182 valence electrons. The third-order valence-corrected chi connectivity index (χ3v) is 6.20. The van der Waals surface area contributed by atoms with Gasteiger partial charge < -0.3 is 20.5 Å². The van der Waals surface area contributed by atoms with E-state index in [-0.39, 0.29) is 37.2 Å². The summed E-state index contributed by atoms with van der Waals surface area (Å²) in [6.07, 6.45) is 0.980. The van der Waals surface area contributed by atoms with Crippen molar-refractivity contribution in [2.24, 2.45) is 5.92 Å². The van der Waals surface area contributed by atoms with Crippen LogP contribution in [-0.2, 0) is 14.3 Å². The van der Waals surface area contributed by atoms with Gasteiger partial charge in [-0.05, 0) is 54.9 Å². The number of carboxylic acid groups (broad SMARTS) is 1. The quantitative estimate of drug-likeness (QED) is 0.445. The maximum Gasteiger partial charge on any atom is 0.407 e. The van der Waals surface area contributed by atoms with E-state index in [1.807, 2.05) is 31.2 Å². The first-order valence-corrected chi connectivity index (χ1v) is 11.8. The molecule has 7 heteroatoms. The van der Waals surface area contributed by atoms with Crippen molar-refractivity contribution in [1.82, 2.24) is 10.6 Å². The Kier molecular flexibility index (Phi) is 8.31. The summed E-state index contributed by atoms with van der Waals surface area (Å²) >= 11 is 0. The Hall–Kier alpha value is -3.35. The Labute approximate surface area is 200 Å². The first-order valence-electron chi connectivity index (χ1n) is 11.8. The topological polar surface area (TPSA) is 105 Å². The van der Waals surface area contributed by atoms with Crippen molar-refractivity contribution in [3.8, 4) is 11.1 Å². The Bertz CT molecular complexity index is 988. The van der Waals surface area contributed by atoms with Crippen LogP contribution in [0.25, 0.3) is 11.1 Å². The smallest absolute Gasteiger partial charge is 0.407 e. The average Bonchev–Trinajstić information content (AvgIpc) is 3.09. The molecule has 1 unspecified atom stereocenters. The monoisotopic (exact) mass is 466 g/mol. The number of fused-ring (bicyclic) bond motifs is 3. The SMILES string of the molecule is CC(CCNC(=O)CC(C)(C)NC(=O)OCC1c2ccccc2-c2ccccc21)CCC(=O)O. The van der Waals surface area contributed by atoms with Crippen molar-refractivity contribution < 1.29 is 24.2 Å². The van der Waals surface area contributed by atoms with Crippen molar-refractivity contribution >= 4 is 18.0 Å². The second-order valence-corrected chi connectivity index (χ2v) is 9.69. The van der Waals surface area contributed by atoms with Crippen LogP contribution in [0.2, 0.25) is 0 Å². The van der Waals surface area contributed by atoms with Crippen LogP contribution in [0.3, 0.4) is 0 Å². The molecule has 2 aromatic carbocycles. The van der Waals surface area contributed by atoms with Crippen molar-refractivity contribution in [3.05, 3.63) is 59.7 Å². The largest absolute Gasteiger partial charge is 0.481 e. The van der Waals surface area contributed by atoms with Crippen molar-refractivity contribution in [3.63, 3.8) is 0 Å². The summed E-state index contributed by atoms with van der Waals surface area (Å²) in [4.78, 5) is 35.5. The fourth-order valence-electron chi connectivity index (χ4n) is 4.39. The Morgan fingerprint density at radius 3 is 2.18 bits per heavy atom. The van der Waals surface area contributed by atoms with Crippen LogP contribution in [0, 0.1) is 5.92 Å². The van der Waals surface area contributed by atoms with Gasteiger partial charge in [-0.3, -0.25) is 9.59 Å². The van der Waals surface area contributed by atoms with E-state index in [9.17, 15) is 14.4 Å². The third-order valence-electron chi connectivity index (χ3n) is 6.20. The average molecular weight is 467 g/mol. The van der Waals surface area contributed by atoms with Crippen molar-refractivity contribution in [1.29, 1.82) is 0 Å². The molecule has 0 saturated heterocycles. The number of nitrogens with one attached hydrogen (secondary N) is 2. The number of benzene rings is 2. The van der Waals surface area contributed by atoms with Gasteiger partial charge >= 0.3 is 12.1 Å². The molecule has 1 aliphatic carbocycles. The summed E-state index contributed by atoms with van der Waals surface area (Å²) in [5.41, 5.74) is 3.85. The zero-order chi connectivity index (χ0) is 24.7. The number of carbonyl (C=O) groups excluding carboxylic acids is 2. The van der Waals surface area contributed by atoms with Crippen LogP contribution >= 0.6 is 0 Å². The molecule has 0 saturated carbocycles. The molecule has 34 heavy (non-hydrogen) atoms. The molecule has 3 N–H and O–H groups in total. The number of aliphatic carboxylic acids is 1. The highest BCUT2D eigenvalue weighted by Gasteiger charge is 2.30. The number of rotatable bonds is 11. The van der Waals surface area contributed by atoms with E-state index < -0.39 is 17.6 Å². The fourth-order valence-corrected chi connectivity index (χ4v) is 4.39. The summed E-state index contributed by atoms with van der Waals surface area (Å²) in [6, 6.07) is 16.3. The highest BCUT2D eigenvalue weighted by atomic mass is 16.5. The summed E-state index contributed by atoms with van der Waals surface area (Å²) < 4.78 is 5.59. The molecule has 1 atom stereocenters. The molecule has 3 rings (SSSR count). The second-order valence-electron chi connectivity index (χ2n) is 9.69. The number of hydrogen-bond donors (Lipinski definition) is 3. The van der Waals surface area contributed by atoms with Crippen LogP contribution in [0.15, 0.2) is 48.5 Å². The van der Waals surface area contributed by atoms with Crippen molar-refractivity contribution in [2.45, 2.75) is 57.9 Å². The first-order chi connectivity index (χ1) is 16.2. The highest BCUT2D eigenvalue weighted by Crippen LogP contribution is 2.44. The normalized spacial score (nSPS) is 13.5. The van der Waals surface area contributed by atoms with Gasteiger partial charge in [0, 0.05) is 30.8 Å². The van der Waals surface area contributed by atoms with Crippen LogP contribution in [0.4, 0.5) is 4.79 Å². The summed E-state index contributed by atoms with van der Waals surface area (Å²) in [5, 5.41) is 14.4. The molecule has 0 fully saturated rings. The maximum absolute atomic E-state index is 12.5. The molecule has 0 aliphatic heterocycles. The van der Waals surface area contributed by atoms with E-state index in [0.29, 0.717) is 19.4 Å². The van der Waals surface area contributed by atoms with E-state index in [2.05, 4.69) is 34.9 Å². The lowest BCUT2D eigenvalue weighted by Crippen LogP contribution is -2.47. The molecular formula is C27H34N2O5. The molecule has 7 nitrogen and oxygen atoms in total. The van der Waals surface area contributed by atoms with Crippen LogP contribution in [0.1, 0.15) is 63.5 Å². The Morgan fingerprint density at radius 2 is 1.59 bits per heavy atom. The molecule has 0 radical (unpaired) electrons. The number of amides is 2. The molecular weight excluding hydrogens is 432 g/mol. The molecule has 2 amide bonds. The molecule has 2 aromatic rings. The third kappa shape index (κ3) is 6.83. The van der Waals surface area contributed by atoms with Gasteiger partial charge in [-0.1, -0.05) is 55.5 Å². The highest BCUT2D eigenvalue weighted by molar-refractivity contribution is 5.80. The zero-order valence-corrected chi connectivity index (χ0v) is 20.1. The maximum atomic E-state index is 12.5. The molecule has 0 bridgehead atoms. The van der Waals surface area contributed by atoms with Gasteiger partial charge in [0.2, 0.25) is 5.91 Å². The minimum Gasteiger partial charge on any atom is -0.481 e. The summed E-state index contributed by atoms with van der Waals surface area (Å²) in [5.74, 6) is -0.789. The van der Waals surface area contributed by atoms with E-state index in [0.717, 1.165) is 11.1 Å². The van der Waals surface area contributed by atoms with Gasteiger partial charge in [-0.2, -0.15) is 0 Å². The lowest BCUT2D eigenvalue weighted by atomic mass is 9.98. The van der Waals surface area contributed by atoms with Gasteiger partial charge in [0.25, 0.3) is 0 Å². The summed E-state index contributed by atoms with van der Waals surface area (Å²) in [6.45, 7) is 6.22. The van der Waals surface area contributed by atoms with Gasteiger partial charge in [-0.15, -0.1) is 0 Å². The Balaban J connectivity index is 1.45. The molecule has 0 aromatic heterocycles. The fraction of sp³-hybridized carbons (Fsp3) is 0.444. The van der Waals surface area contributed by atoms with E-state index in [1.165, 1.54) is 11.1 Å². The number of hydrogen-bond acceptors (Lipinski definition) is 4. The number of carbonyl (C=O) groups is 3. The molecule has 1 aliphatic rings. The minimum absolute atomic E-state index is 0.0207. The first kappa shape index (κ1) is 25.3. The summed E-state index contributed by atoms with van der Waals surface area (Å²) in [7, 11) is 0. The molecule has 0 spiro atoms. The molecule has 0 heterocycles. The predicted octanol–water partition coefficient (Wildman–Crippen LogP) is 4.70.